The van der Waals surface area contributed by atoms with Gasteiger partial charge in [0.15, 0.2) is 5.78 Å². The van der Waals surface area contributed by atoms with Crippen molar-refractivity contribution >= 4 is 11.7 Å². The van der Waals surface area contributed by atoms with E-state index in [0.717, 1.165) is 0 Å². The van der Waals surface area contributed by atoms with Gasteiger partial charge in [-0.1, -0.05) is 19.3 Å². The SMILES string of the molecule is CC(=O)c1ccc(OCC2CCCCC2)c(C(N)=O)c1. The highest BCUT2D eigenvalue weighted by Gasteiger charge is 2.17. The first-order chi connectivity index (χ1) is 9.58. The van der Waals surface area contributed by atoms with Crippen molar-refractivity contribution in [1.29, 1.82) is 0 Å². The van der Waals surface area contributed by atoms with Crippen molar-refractivity contribution in [2.24, 2.45) is 11.7 Å². The number of rotatable bonds is 5. The maximum atomic E-state index is 11.5. The Labute approximate surface area is 119 Å². The predicted molar refractivity (Wildman–Crippen MR) is 77.0 cm³/mol. The summed E-state index contributed by atoms with van der Waals surface area (Å²) >= 11 is 0. The number of carbonyl (C=O) groups is 2. The van der Waals surface area contributed by atoms with Gasteiger partial charge in [0.25, 0.3) is 5.91 Å². The first-order valence-corrected chi connectivity index (χ1v) is 7.15. The van der Waals surface area contributed by atoms with Gasteiger partial charge >= 0.3 is 0 Å². The van der Waals surface area contributed by atoms with Gasteiger partial charge in [-0.15, -0.1) is 0 Å². The number of amides is 1. The van der Waals surface area contributed by atoms with E-state index >= 15 is 0 Å². The average Bonchev–Trinajstić information content (AvgIpc) is 2.45. The molecule has 108 valence electrons. The Morgan fingerprint density at radius 3 is 2.55 bits per heavy atom. The summed E-state index contributed by atoms with van der Waals surface area (Å²) in [4.78, 5) is 22.8. The van der Waals surface area contributed by atoms with Crippen molar-refractivity contribution in [3.8, 4) is 5.75 Å². The normalized spacial score (nSPS) is 15.8. The van der Waals surface area contributed by atoms with Gasteiger partial charge in [-0.25, -0.2) is 0 Å². The van der Waals surface area contributed by atoms with E-state index in [0.29, 0.717) is 23.8 Å². The molecular formula is C16H21NO3. The third-order valence-corrected chi connectivity index (χ3v) is 3.85. The fourth-order valence-electron chi connectivity index (χ4n) is 2.63. The summed E-state index contributed by atoms with van der Waals surface area (Å²) in [5, 5.41) is 0. The highest BCUT2D eigenvalue weighted by atomic mass is 16.5. The second kappa shape index (κ2) is 6.55. The second-order valence-corrected chi connectivity index (χ2v) is 5.45. The molecule has 0 aromatic heterocycles. The van der Waals surface area contributed by atoms with Gasteiger partial charge in [-0.3, -0.25) is 9.59 Å². The Hall–Kier alpha value is -1.84. The molecule has 0 spiro atoms. The van der Waals surface area contributed by atoms with Crippen molar-refractivity contribution in [1.82, 2.24) is 0 Å². The van der Waals surface area contributed by atoms with Crippen LogP contribution in [0, 0.1) is 5.92 Å². The van der Waals surface area contributed by atoms with Gasteiger partial charge in [0.2, 0.25) is 0 Å². The molecule has 4 nitrogen and oxygen atoms in total. The Bertz CT molecular complexity index is 504. The topological polar surface area (TPSA) is 69.4 Å². The van der Waals surface area contributed by atoms with Gasteiger partial charge in [0.1, 0.15) is 5.75 Å². The molecule has 0 aliphatic heterocycles. The third kappa shape index (κ3) is 3.59. The van der Waals surface area contributed by atoms with Crippen LogP contribution >= 0.6 is 0 Å². The average molecular weight is 275 g/mol. The van der Waals surface area contributed by atoms with Crippen molar-refractivity contribution in [3.05, 3.63) is 29.3 Å². The highest BCUT2D eigenvalue weighted by molar-refractivity contribution is 6.00. The number of hydrogen-bond acceptors (Lipinski definition) is 3. The molecule has 1 aliphatic rings. The van der Waals surface area contributed by atoms with Crippen LogP contribution < -0.4 is 10.5 Å². The number of Topliss-reactive ketones (excluding diaryl/α,β-unsaturated/α-hetero) is 1. The minimum atomic E-state index is -0.563. The number of primary amides is 1. The number of hydrogen-bond donors (Lipinski definition) is 1. The molecule has 0 unspecified atom stereocenters. The van der Waals surface area contributed by atoms with Crippen LogP contribution in [0.15, 0.2) is 18.2 Å². The largest absolute Gasteiger partial charge is 0.492 e. The number of ketones is 1. The quantitative estimate of drug-likeness (QED) is 0.840. The molecule has 0 heterocycles. The van der Waals surface area contributed by atoms with Gasteiger partial charge in [0, 0.05) is 5.56 Å². The van der Waals surface area contributed by atoms with E-state index in [4.69, 9.17) is 10.5 Å². The van der Waals surface area contributed by atoms with Crippen LogP contribution in [-0.4, -0.2) is 18.3 Å². The van der Waals surface area contributed by atoms with Crippen LogP contribution in [0.25, 0.3) is 0 Å². The third-order valence-electron chi connectivity index (χ3n) is 3.85. The Kier molecular flexibility index (Phi) is 4.77. The summed E-state index contributed by atoms with van der Waals surface area (Å²) in [6.07, 6.45) is 6.16. The lowest BCUT2D eigenvalue weighted by Crippen LogP contribution is -2.18. The molecular weight excluding hydrogens is 254 g/mol. The van der Waals surface area contributed by atoms with Gasteiger partial charge in [-0.05, 0) is 43.9 Å². The molecule has 0 radical (unpaired) electrons. The summed E-state index contributed by atoms with van der Waals surface area (Å²) in [5.41, 5.74) is 6.12. The van der Waals surface area contributed by atoms with Crippen LogP contribution in [0.3, 0.4) is 0 Å². The smallest absolute Gasteiger partial charge is 0.252 e. The van der Waals surface area contributed by atoms with E-state index in [9.17, 15) is 9.59 Å². The van der Waals surface area contributed by atoms with Crippen LogP contribution in [0.2, 0.25) is 0 Å². The minimum absolute atomic E-state index is 0.0914. The molecule has 0 bridgehead atoms. The predicted octanol–water partition coefficient (Wildman–Crippen LogP) is 2.95. The van der Waals surface area contributed by atoms with E-state index in [2.05, 4.69) is 0 Å². The Morgan fingerprint density at radius 2 is 1.95 bits per heavy atom. The van der Waals surface area contributed by atoms with Crippen molar-refractivity contribution in [2.45, 2.75) is 39.0 Å². The number of nitrogens with two attached hydrogens (primary N) is 1. The van der Waals surface area contributed by atoms with Crippen molar-refractivity contribution in [3.63, 3.8) is 0 Å². The fourth-order valence-corrected chi connectivity index (χ4v) is 2.63. The second-order valence-electron chi connectivity index (χ2n) is 5.45. The van der Waals surface area contributed by atoms with E-state index < -0.39 is 5.91 Å². The Balaban J connectivity index is 2.09. The van der Waals surface area contributed by atoms with Gasteiger partial charge in [0.05, 0.1) is 12.2 Å². The first-order valence-electron chi connectivity index (χ1n) is 7.15. The molecule has 1 aromatic carbocycles. The zero-order valence-electron chi connectivity index (χ0n) is 11.9. The summed E-state index contributed by atoms with van der Waals surface area (Å²) < 4.78 is 5.76. The molecule has 1 saturated carbocycles. The zero-order valence-corrected chi connectivity index (χ0v) is 11.9. The van der Waals surface area contributed by atoms with Gasteiger partial charge < -0.3 is 10.5 Å². The summed E-state index contributed by atoms with van der Waals surface area (Å²) in [6, 6.07) is 4.85. The van der Waals surface area contributed by atoms with E-state index in [1.54, 1.807) is 12.1 Å². The molecule has 1 aromatic rings. The monoisotopic (exact) mass is 275 g/mol. The number of carbonyl (C=O) groups excluding carboxylic acids is 2. The van der Waals surface area contributed by atoms with E-state index in [1.807, 2.05) is 0 Å². The van der Waals surface area contributed by atoms with Crippen molar-refractivity contribution < 1.29 is 14.3 Å². The molecule has 2 N–H and O–H groups in total. The van der Waals surface area contributed by atoms with Gasteiger partial charge in [-0.2, -0.15) is 0 Å². The van der Waals surface area contributed by atoms with Crippen molar-refractivity contribution in [2.75, 3.05) is 6.61 Å². The van der Waals surface area contributed by atoms with Crippen LogP contribution in [0.4, 0.5) is 0 Å². The lowest BCUT2D eigenvalue weighted by molar-refractivity contribution is 0.0994. The molecule has 2 rings (SSSR count). The standard InChI is InChI=1S/C16H21NO3/c1-11(18)13-7-8-15(14(9-13)16(17)19)20-10-12-5-3-2-4-6-12/h7-9,12H,2-6,10H2,1H3,(H2,17,19). The zero-order chi connectivity index (χ0) is 14.5. The van der Waals surface area contributed by atoms with Crippen LogP contribution in [-0.2, 0) is 0 Å². The molecule has 0 saturated heterocycles. The maximum absolute atomic E-state index is 11.5. The number of ether oxygens (including phenoxy) is 1. The van der Waals surface area contributed by atoms with E-state index in [-0.39, 0.29) is 11.3 Å². The summed E-state index contributed by atoms with van der Waals surface area (Å²) in [5.74, 6) is 0.378. The molecule has 1 aliphatic carbocycles. The highest BCUT2D eigenvalue weighted by Crippen LogP contribution is 2.26. The molecule has 0 atom stereocenters. The molecule has 20 heavy (non-hydrogen) atoms. The molecule has 4 heteroatoms. The first kappa shape index (κ1) is 14.6. The maximum Gasteiger partial charge on any atom is 0.252 e. The minimum Gasteiger partial charge on any atom is -0.492 e. The summed E-state index contributed by atoms with van der Waals surface area (Å²) in [7, 11) is 0. The van der Waals surface area contributed by atoms with E-state index in [1.165, 1.54) is 45.1 Å². The fraction of sp³-hybridized carbons (Fsp3) is 0.500. The number of benzene rings is 1. The lowest BCUT2D eigenvalue weighted by Gasteiger charge is -2.22. The lowest BCUT2D eigenvalue weighted by atomic mass is 9.90. The Morgan fingerprint density at radius 1 is 1.25 bits per heavy atom. The van der Waals surface area contributed by atoms with Crippen LogP contribution in [0.5, 0.6) is 5.75 Å². The molecule has 1 amide bonds. The molecule has 1 fully saturated rings. The summed E-state index contributed by atoms with van der Waals surface area (Å²) in [6.45, 7) is 2.07. The van der Waals surface area contributed by atoms with Crippen LogP contribution in [0.1, 0.15) is 59.7 Å².